The second kappa shape index (κ2) is 6.56. The average Bonchev–Trinajstić information content (AvgIpc) is 3.08. The Bertz CT molecular complexity index is 1020. The van der Waals surface area contributed by atoms with Crippen molar-refractivity contribution in [2.45, 2.75) is 58.4 Å². The minimum absolute atomic E-state index is 0.0720. The molecule has 152 valence electrons. The van der Waals surface area contributed by atoms with E-state index in [1.165, 1.54) is 27.0 Å². The molecule has 1 aliphatic heterocycles. The van der Waals surface area contributed by atoms with Crippen LogP contribution in [0.25, 0.3) is 0 Å². The van der Waals surface area contributed by atoms with Crippen molar-refractivity contribution >= 4 is 40.3 Å². The topological polar surface area (TPSA) is 23.5 Å². The van der Waals surface area contributed by atoms with Gasteiger partial charge in [0.2, 0.25) is 0 Å². The largest absolute Gasteiger partial charge is 0.386 e. The highest BCUT2D eigenvalue weighted by molar-refractivity contribution is 7.29. The van der Waals surface area contributed by atoms with Crippen molar-refractivity contribution in [3.63, 3.8) is 0 Å². The zero-order valence-electron chi connectivity index (χ0n) is 18.5. The lowest BCUT2D eigenvalue weighted by molar-refractivity contribution is 0.0797. The van der Waals surface area contributed by atoms with Gasteiger partial charge in [0.1, 0.15) is 5.00 Å². The molecule has 0 unspecified atom stereocenters. The third-order valence-electron chi connectivity index (χ3n) is 5.95. The maximum absolute atomic E-state index is 11.1. The maximum Gasteiger partial charge on any atom is 0.106 e. The molecule has 1 aromatic heterocycles. The van der Waals surface area contributed by atoms with Crippen LogP contribution in [0.1, 0.15) is 44.4 Å². The molecule has 1 aliphatic rings. The molecule has 29 heavy (non-hydrogen) atoms. The fourth-order valence-electron chi connectivity index (χ4n) is 4.24. The van der Waals surface area contributed by atoms with Crippen LogP contribution in [-0.4, -0.2) is 13.2 Å². The second-order valence-electron chi connectivity index (χ2n) is 10.1. The van der Waals surface area contributed by atoms with E-state index in [-0.39, 0.29) is 5.41 Å². The number of rotatable bonds is 3. The molecule has 2 heterocycles. The molecule has 0 saturated heterocycles. The zero-order valence-corrected chi connectivity index (χ0v) is 20.3. The van der Waals surface area contributed by atoms with Crippen molar-refractivity contribution in [1.82, 2.24) is 0 Å². The fourth-order valence-corrected chi connectivity index (χ4v) is 7.43. The first-order valence-electron chi connectivity index (χ1n) is 10.3. The van der Waals surface area contributed by atoms with Crippen molar-refractivity contribution < 1.29 is 5.11 Å². The fraction of sp³-hybridized carbons (Fsp3) is 0.360. The molecule has 0 fully saturated rings. The highest BCUT2D eigenvalue weighted by Crippen LogP contribution is 2.54. The Hall–Kier alpha value is -1.88. The minimum atomic E-state index is -1.52. The third-order valence-corrected chi connectivity index (χ3v) is 10.7. The summed E-state index contributed by atoms with van der Waals surface area (Å²) in [6.45, 7) is 15.5. The van der Waals surface area contributed by atoms with Gasteiger partial charge in [-0.3, -0.25) is 0 Å². The van der Waals surface area contributed by atoms with Crippen molar-refractivity contribution in [2.75, 3.05) is 4.90 Å². The van der Waals surface area contributed by atoms with E-state index in [1.54, 1.807) is 0 Å². The van der Waals surface area contributed by atoms with Gasteiger partial charge < -0.3 is 10.0 Å². The summed E-state index contributed by atoms with van der Waals surface area (Å²) in [7, 11) is -1.52. The van der Waals surface area contributed by atoms with Crippen LogP contribution in [0.4, 0.5) is 16.4 Å². The van der Waals surface area contributed by atoms with Crippen molar-refractivity contribution in [2.24, 2.45) is 0 Å². The van der Waals surface area contributed by atoms with Crippen LogP contribution in [-0.2, 0) is 11.0 Å². The molecule has 0 radical (unpaired) electrons. The Kier molecular flexibility index (Phi) is 4.61. The number of hydrogen-bond acceptors (Lipinski definition) is 3. The molecule has 2 aromatic carbocycles. The van der Waals surface area contributed by atoms with Gasteiger partial charge in [-0.05, 0) is 47.7 Å². The van der Waals surface area contributed by atoms with Crippen LogP contribution in [0.5, 0.6) is 0 Å². The van der Waals surface area contributed by atoms with E-state index in [1.807, 2.05) is 25.2 Å². The third kappa shape index (κ3) is 3.27. The predicted molar refractivity (Wildman–Crippen MR) is 129 cm³/mol. The molecule has 3 aromatic rings. The van der Waals surface area contributed by atoms with Crippen LogP contribution in [0.3, 0.4) is 0 Å². The van der Waals surface area contributed by atoms with E-state index in [2.05, 4.69) is 93.0 Å². The Morgan fingerprint density at radius 2 is 1.38 bits per heavy atom. The van der Waals surface area contributed by atoms with Crippen LogP contribution >= 0.6 is 11.3 Å². The summed E-state index contributed by atoms with van der Waals surface area (Å²) in [5.74, 6) is 0. The molecule has 1 N–H and O–H groups in total. The minimum Gasteiger partial charge on any atom is -0.386 e. The van der Waals surface area contributed by atoms with Gasteiger partial charge in [0.05, 0.1) is 25.0 Å². The molecule has 0 amide bonds. The van der Waals surface area contributed by atoms with E-state index in [4.69, 9.17) is 0 Å². The highest BCUT2D eigenvalue weighted by atomic mass is 32.1. The van der Waals surface area contributed by atoms with Gasteiger partial charge in [-0.2, -0.15) is 0 Å². The Morgan fingerprint density at radius 3 is 1.83 bits per heavy atom. The predicted octanol–water partition coefficient (Wildman–Crippen LogP) is 6.63. The van der Waals surface area contributed by atoms with Crippen molar-refractivity contribution in [3.05, 3.63) is 71.3 Å². The Labute approximate surface area is 179 Å². The van der Waals surface area contributed by atoms with Gasteiger partial charge in [-0.1, -0.05) is 69.9 Å². The van der Waals surface area contributed by atoms with Gasteiger partial charge in [-0.15, -0.1) is 11.3 Å². The summed E-state index contributed by atoms with van der Waals surface area (Å²) in [6, 6.07) is 19.7. The van der Waals surface area contributed by atoms with Gasteiger partial charge in [-0.25, -0.2) is 0 Å². The molecular formula is C25H31NOSSi. The van der Waals surface area contributed by atoms with Crippen molar-refractivity contribution in [1.29, 1.82) is 0 Å². The monoisotopic (exact) mass is 421 g/mol. The number of aliphatic hydroxyl groups is 1. The lowest BCUT2D eigenvalue weighted by Crippen LogP contribution is -2.35. The maximum atomic E-state index is 11.1. The van der Waals surface area contributed by atoms with Gasteiger partial charge in [0.25, 0.3) is 0 Å². The quantitative estimate of drug-likeness (QED) is 0.480. The number of anilines is 3. The highest BCUT2D eigenvalue weighted by Gasteiger charge is 2.39. The molecule has 2 nitrogen and oxygen atoms in total. The van der Waals surface area contributed by atoms with Crippen LogP contribution in [0, 0.1) is 0 Å². The number of nitrogens with zero attached hydrogens (tertiary/aromatic N) is 1. The van der Waals surface area contributed by atoms with Crippen LogP contribution in [0.15, 0.2) is 54.6 Å². The standard InChI is InChI=1S/C25H31NOSSi/c1-24(2)17-12-8-10-14-20(17)26(21-15-11-9-13-18(21)24)23-19(25(3,4)27)16-22(28-23)29(5,6)7/h8-16,27H,1-7H3. The molecule has 0 atom stereocenters. The first kappa shape index (κ1) is 20.4. The number of para-hydroxylation sites is 2. The summed E-state index contributed by atoms with van der Waals surface area (Å²) in [5, 5.41) is 12.2. The average molecular weight is 422 g/mol. The van der Waals surface area contributed by atoms with E-state index in [0.29, 0.717) is 0 Å². The lowest BCUT2D eigenvalue weighted by Gasteiger charge is -2.42. The number of fused-ring (bicyclic) bond motifs is 2. The number of benzene rings is 2. The van der Waals surface area contributed by atoms with E-state index in [0.717, 1.165) is 10.6 Å². The molecular weight excluding hydrogens is 390 g/mol. The molecule has 4 rings (SSSR count). The second-order valence-corrected chi connectivity index (χ2v) is 16.6. The summed E-state index contributed by atoms with van der Waals surface area (Å²) in [5.41, 5.74) is 5.12. The normalized spacial score (nSPS) is 15.8. The van der Waals surface area contributed by atoms with Crippen molar-refractivity contribution in [3.8, 4) is 0 Å². The van der Waals surface area contributed by atoms with E-state index < -0.39 is 13.7 Å². The first-order chi connectivity index (χ1) is 13.4. The smallest absolute Gasteiger partial charge is 0.106 e. The van der Waals surface area contributed by atoms with Gasteiger partial charge >= 0.3 is 0 Å². The summed E-state index contributed by atoms with van der Waals surface area (Å²) < 4.78 is 1.42. The summed E-state index contributed by atoms with van der Waals surface area (Å²) in [6.07, 6.45) is 0. The molecule has 0 spiro atoms. The zero-order chi connectivity index (χ0) is 21.2. The summed E-state index contributed by atoms with van der Waals surface area (Å²) in [4.78, 5) is 2.39. The van der Waals surface area contributed by atoms with Crippen LogP contribution < -0.4 is 9.40 Å². The first-order valence-corrected chi connectivity index (χ1v) is 14.6. The Morgan fingerprint density at radius 1 is 0.897 bits per heavy atom. The summed E-state index contributed by atoms with van der Waals surface area (Å²) >= 11 is 1.85. The van der Waals surface area contributed by atoms with E-state index >= 15 is 0 Å². The molecule has 0 bridgehead atoms. The van der Waals surface area contributed by atoms with Gasteiger partial charge in [0, 0.05) is 11.0 Å². The van der Waals surface area contributed by atoms with Crippen LogP contribution in [0.2, 0.25) is 19.6 Å². The SMILES string of the molecule is CC(C)(O)c1cc([Si](C)(C)C)sc1N1c2ccccc2C(C)(C)c2ccccc21. The molecule has 4 heteroatoms. The molecule has 0 saturated carbocycles. The number of hydrogen-bond donors (Lipinski definition) is 1. The van der Waals surface area contributed by atoms with E-state index in [9.17, 15) is 5.11 Å². The Balaban J connectivity index is 2.06. The number of thiophene rings is 1. The van der Waals surface area contributed by atoms with Gasteiger partial charge in [0.15, 0.2) is 0 Å². The molecule has 0 aliphatic carbocycles. The lowest BCUT2D eigenvalue weighted by atomic mass is 9.73.